The summed E-state index contributed by atoms with van der Waals surface area (Å²) in [5.74, 6) is 1.48. The summed E-state index contributed by atoms with van der Waals surface area (Å²) < 4.78 is 58.2. The second kappa shape index (κ2) is 9.66. The number of halogens is 4. The van der Waals surface area contributed by atoms with E-state index >= 15 is 0 Å². The van der Waals surface area contributed by atoms with Crippen LogP contribution in [0.4, 0.5) is 17.6 Å². The van der Waals surface area contributed by atoms with Gasteiger partial charge in [0.25, 0.3) is 0 Å². The fourth-order valence-electron chi connectivity index (χ4n) is 7.13. The molecule has 2 N–H and O–H groups in total. The Kier molecular flexibility index (Phi) is 6.61. The molecule has 4 atom stereocenters. The van der Waals surface area contributed by atoms with Crippen molar-refractivity contribution in [2.75, 3.05) is 26.8 Å². The van der Waals surface area contributed by atoms with Crippen LogP contribution >= 0.6 is 0 Å². The van der Waals surface area contributed by atoms with E-state index in [0.29, 0.717) is 23.3 Å². The number of rotatable bonds is 6. The molecular weight excluding hydrogens is 488 g/mol. The van der Waals surface area contributed by atoms with Gasteiger partial charge in [-0.05, 0) is 55.7 Å². The molecule has 2 aliphatic carbocycles. The maximum absolute atomic E-state index is 14.1. The first kappa shape index (κ1) is 25.3. The van der Waals surface area contributed by atoms with Gasteiger partial charge in [-0.2, -0.15) is 13.2 Å². The van der Waals surface area contributed by atoms with E-state index in [1.807, 2.05) is 0 Å². The first-order chi connectivity index (χ1) is 17.7. The van der Waals surface area contributed by atoms with Gasteiger partial charge in [0.2, 0.25) is 0 Å². The van der Waals surface area contributed by atoms with Crippen molar-refractivity contribution in [3.63, 3.8) is 0 Å². The van der Waals surface area contributed by atoms with Gasteiger partial charge in [-0.15, -0.1) is 0 Å². The van der Waals surface area contributed by atoms with Crippen LogP contribution < -0.4 is 16.5 Å². The molecule has 0 spiro atoms. The van der Waals surface area contributed by atoms with Crippen molar-refractivity contribution in [2.45, 2.75) is 76.0 Å². The number of nitrogens with zero attached hydrogens (tertiary/aromatic N) is 4. The van der Waals surface area contributed by atoms with Crippen LogP contribution in [0.5, 0.6) is 0 Å². The maximum atomic E-state index is 14.1. The van der Waals surface area contributed by atoms with Gasteiger partial charge in [0.05, 0.1) is 23.9 Å². The molecule has 0 radical (unpaired) electrons. The summed E-state index contributed by atoms with van der Waals surface area (Å²) in [7, 11) is 2.11. The molecule has 0 amide bonds. The van der Waals surface area contributed by atoms with Gasteiger partial charge >= 0.3 is 11.9 Å². The molecular formula is C26H36F4N6O. The average molecular weight is 525 g/mol. The highest BCUT2D eigenvalue weighted by molar-refractivity contribution is 5.56. The van der Waals surface area contributed by atoms with Crippen LogP contribution in [0.25, 0.3) is 5.52 Å². The second-order valence-corrected chi connectivity index (χ2v) is 11.7. The third kappa shape index (κ3) is 4.72. The molecule has 37 heavy (non-hydrogen) atoms. The SMILES string of the molecule is CN1CNNC1[C@H](C1CCC1)C1CCCC(n2cc3c(C(F)(F)F)cc(CN4CC(F)C4)cn3c2=O)C1. The number of imidazole rings is 1. The Morgan fingerprint density at radius 2 is 1.81 bits per heavy atom. The molecule has 3 unspecified atom stereocenters. The number of nitrogens with one attached hydrogen (secondary N) is 2. The van der Waals surface area contributed by atoms with Gasteiger partial charge in [-0.25, -0.2) is 20.0 Å². The van der Waals surface area contributed by atoms with Crippen molar-refractivity contribution in [2.24, 2.45) is 17.8 Å². The highest BCUT2D eigenvalue weighted by atomic mass is 19.4. The van der Waals surface area contributed by atoms with E-state index in [1.54, 1.807) is 9.47 Å². The number of aromatic nitrogens is 2. The molecule has 6 rings (SSSR count). The van der Waals surface area contributed by atoms with E-state index < -0.39 is 23.6 Å². The molecule has 2 saturated heterocycles. The van der Waals surface area contributed by atoms with Crippen LogP contribution in [0.1, 0.15) is 62.1 Å². The summed E-state index contributed by atoms with van der Waals surface area (Å²) in [5.41, 5.74) is 5.75. The summed E-state index contributed by atoms with van der Waals surface area (Å²) in [4.78, 5) is 17.6. The molecule has 204 valence electrons. The zero-order valence-electron chi connectivity index (χ0n) is 21.2. The van der Waals surface area contributed by atoms with Crippen molar-refractivity contribution in [1.82, 2.24) is 29.6 Å². The van der Waals surface area contributed by atoms with Crippen molar-refractivity contribution >= 4 is 5.52 Å². The Morgan fingerprint density at radius 1 is 1.08 bits per heavy atom. The monoisotopic (exact) mass is 524 g/mol. The van der Waals surface area contributed by atoms with Crippen LogP contribution in [0.3, 0.4) is 0 Å². The predicted octanol–water partition coefficient (Wildman–Crippen LogP) is 3.74. The highest BCUT2D eigenvalue weighted by Gasteiger charge is 2.44. The summed E-state index contributed by atoms with van der Waals surface area (Å²) in [6.45, 7) is 1.39. The number of fused-ring (bicyclic) bond motifs is 1. The Morgan fingerprint density at radius 3 is 2.43 bits per heavy atom. The molecule has 4 aliphatic rings. The van der Waals surface area contributed by atoms with Crippen molar-refractivity contribution < 1.29 is 17.6 Å². The number of hydrogen-bond acceptors (Lipinski definition) is 5. The minimum Gasteiger partial charge on any atom is -0.295 e. The Hall–Kier alpha value is -1.95. The van der Waals surface area contributed by atoms with E-state index in [9.17, 15) is 22.4 Å². The molecule has 4 fully saturated rings. The smallest absolute Gasteiger partial charge is 0.295 e. The van der Waals surface area contributed by atoms with Crippen molar-refractivity contribution in [3.05, 3.63) is 40.1 Å². The summed E-state index contributed by atoms with van der Waals surface area (Å²) in [6.07, 6.45) is 4.92. The van der Waals surface area contributed by atoms with Crippen LogP contribution in [0, 0.1) is 17.8 Å². The van der Waals surface area contributed by atoms with E-state index in [0.717, 1.165) is 42.8 Å². The minimum atomic E-state index is -4.59. The van der Waals surface area contributed by atoms with E-state index in [1.165, 1.54) is 31.7 Å². The lowest BCUT2D eigenvalue weighted by Gasteiger charge is -2.46. The van der Waals surface area contributed by atoms with Crippen molar-refractivity contribution in [1.29, 1.82) is 0 Å². The first-order valence-electron chi connectivity index (χ1n) is 13.6. The molecule has 2 saturated carbocycles. The largest absolute Gasteiger partial charge is 0.418 e. The molecule has 0 aromatic carbocycles. The van der Waals surface area contributed by atoms with Crippen LogP contribution in [-0.2, 0) is 12.7 Å². The Labute approximate surface area is 213 Å². The van der Waals surface area contributed by atoms with Gasteiger partial charge in [0.15, 0.2) is 0 Å². The minimum absolute atomic E-state index is 0.104. The molecule has 11 heteroatoms. The van der Waals surface area contributed by atoms with Crippen LogP contribution in [-0.4, -0.2) is 57.9 Å². The fraction of sp³-hybridized carbons (Fsp3) is 0.731. The predicted molar refractivity (Wildman–Crippen MR) is 131 cm³/mol. The van der Waals surface area contributed by atoms with Gasteiger partial charge in [0, 0.05) is 38.1 Å². The summed E-state index contributed by atoms with van der Waals surface area (Å²) in [6, 6.07) is 0.996. The zero-order chi connectivity index (χ0) is 25.9. The number of hydrazine groups is 1. The summed E-state index contributed by atoms with van der Waals surface area (Å²) >= 11 is 0. The lowest BCUT2D eigenvalue weighted by molar-refractivity contribution is -0.136. The second-order valence-electron chi connectivity index (χ2n) is 11.7. The maximum Gasteiger partial charge on any atom is 0.418 e. The normalized spacial score (nSPS) is 29.5. The number of likely N-dealkylation sites (tertiary alicyclic amines) is 1. The zero-order valence-corrected chi connectivity index (χ0v) is 21.2. The number of alkyl halides is 4. The number of pyridine rings is 1. The van der Waals surface area contributed by atoms with Crippen LogP contribution in [0.2, 0.25) is 0 Å². The molecule has 0 bridgehead atoms. The Bertz CT molecular complexity index is 1180. The van der Waals surface area contributed by atoms with E-state index in [-0.39, 0.29) is 37.4 Å². The lowest BCUT2D eigenvalue weighted by Crippen LogP contribution is -2.50. The first-order valence-corrected chi connectivity index (χ1v) is 13.6. The molecule has 4 heterocycles. The van der Waals surface area contributed by atoms with Gasteiger partial charge in [0.1, 0.15) is 6.17 Å². The van der Waals surface area contributed by atoms with Gasteiger partial charge in [-0.1, -0.05) is 25.7 Å². The van der Waals surface area contributed by atoms with Crippen molar-refractivity contribution in [3.8, 4) is 0 Å². The average Bonchev–Trinajstić information content (AvgIpc) is 3.37. The number of hydrogen-bond donors (Lipinski definition) is 2. The van der Waals surface area contributed by atoms with Crippen LogP contribution in [0.15, 0.2) is 23.3 Å². The molecule has 2 aliphatic heterocycles. The fourth-order valence-corrected chi connectivity index (χ4v) is 7.13. The third-order valence-corrected chi connectivity index (χ3v) is 9.21. The molecule has 2 aromatic heterocycles. The Balaban J connectivity index is 1.31. The summed E-state index contributed by atoms with van der Waals surface area (Å²) in [5, 5.41) is 0. The quantitative estimate of drug-likeness (QED) is 0.564. The third-order valence-electron chi connectivity index (χ3n) is 9.21. The van der Waals surface area contributed by atoms with E-state index in [4.69, 9.17) is 0 Å². The van der Waals surface area contributed by atoms with E-state index in [2.05, 4.69) is 22.8 Å². The van der Waals surface area contributed by atoms with Gasteiger partial charge < -0.3 is 0 Å². The molecule has 7 nitrogen and oxygen atoms in total. The topological polar surface area (TPSA) is 56.9 Å². The molecule has 2 aromatic rings. The lowest BCUT2D eigenvalue weighted by atomic mass is 9.65. The standard InChI is InChI=1S/C26H36F4N6O/c1-33-15-31-32-24(33)23(17-4-2-5-17)18-6-3-7-20(9-18)35-14-22-21(26(28,29)30)8-16(11-36(22)25(35)37)10-34-12-19(27)13-34/h8,11,14,17-20,23-24,31-32H,2-7,9-10,12-13,15H2,1H3/t18?,20?,23-,24?/m1/s1. The van der Waals surface area contributed by atoms with Gasteiger partial charge in [-0.3, -0.25) is 18.8 Å². The highest BCUT2D eigenvalue weighted by Crippen LogP contribution is 2.47.